The molecule has 1 aliphatic rings. The van der Waals surface area contributed by atoms with Crippen LogP contribution in [-0.2, 0) is 4.79 Å². The minimum absolute atomic E-state index is 0.346. The molecule has 0 amide bonds. The van der Waals surface area contributed by atoms with Gasteiger partial charge in [-0.05, 0) is 54.2 Å². The first kappa shape index (κ1) is 13.6. The molecule has 1 atom stereocenters. The molecule has 0 spiro atoms. The number of hydrogen-bond acceptors (Lipinski definition) is 2. The van der Waals surface area contributed by atoms with Crippen molar-refractivity contribution in [3.63, 3.8) is 0 Å². The Morgan fingerprint density at radius 3 is 2.24 bits per heavy atom. The molecular weight excluding hydrogens is 269 g/mol. The highest BCUT2D eigenvalue weighted by Gasteiger charge is 2.24. The Balaban J connectivity index is 1.79. The SMILES string of the molecule is O=C(O)C(Nc1ccc(F)cc1)c1ccc(C2CC2)cc1. The van der Waals surface area contributed by atoms with Crippen LogP contribution in [0.1, 0.15) is 35.9 Å². The van der Waals surface area contributed by atoms with E-state index in [2.05, 4.69) is 5.32 Å². The lowest BCUT2D eigenvalue weighted by molar-refractivity contribution is -0.138. The van der Waals surface area contributed by atoms with Gasteiger partial charge in [-0.1, -0.05) is 24.3 Å². The van der Waals surface area contributed by atoms with Gasteiger partial charge >= 0.3 is 5.97 Å². The van der Waals surface area contributed by atoms with Crippen molar-refractivity contribution in [3.8, 4) is 0 Å². The van der Waals surface area contributed by atoms with Crippen LogP contribution >= 0.6 is 0 Å². The molecule has 3 rings (SSSR count). The number of nitrogens with one attached hydrogen (secondary N) is 1. The molecule has 1 unspecified atom stereocenters. The summed E-state index contributed by atoms with van der Waals surface area (Å²) in [6.07, 6.45) is 2.44. The zero-order valence-electron chi connectivity index (χ0n) is 11.4. The maximum Gasteiger partial charge on any atom is 0.330 e. The zero-order chi connectivity index (χ0) is 14.8. The van der Waals surface area contributed by atoms with E-state index in [-0.39, 0.29) is 5.82 Å². The fourth-order valence-electron chi connectivity index (χ4n) is 2.38. The number of carboxylic acid groups (broad SMARTS) is 1. The first-order valence-corrected chi connectivity index (χ1v) is 6.98. The van der Waals surface area contributed by atoms with Crippen molar-refractivity contribution in [2.75, 3.05) is 5.32 Å². The summed E-state index contributed by atoms with van der Waals surface area (Å²) in [4.78, 5) is 11.5. The highest BCUT2D eigenvalue weighted by Crippen LogP contribution is 2.40. The Kier molecular flexibility index (Phi) is 3.60. The third-order valence-electron chi connectivity index (χ3n) is 3.72. The molecule has 108 valence electrons. The van der Waals surface area contributed by atoms with Crippen LogP contribution in [0.5, 0.6) is 0 Å². The molecule has 4 heteroatoms. The van der Waals surface area contributed by atoms with Crippen LogP contribution < -0.4 is 5.32 Å². The predicted molar refractivity (Wildman–Crippen MR) is 78.8 cm³/mol. The van der Waals surface area contributed by atoms with Gasteiger partial charge in [-0.25, -0.2) is 9.18 Å². The van der Waals surface area contributed by atoms with Crippen LogP contribution in [0, 0.1) is 5.82 Å². The highest BCUT2D eigenvalue weighted by atomic mass is 19.1. The van der Waals surface area contributed by atoms with E-state index in [9.17, 15) is 14.3 Å². The summed E-state index contributed by atoms with van der Waals surface area (Å²) in [5.41, 5.74) is 2.54. The molecule has 2 aromatic rings. The van der Waals surface area contributed by atoms with E-state index in [1.54, 1.807) is 0 Å². The first-order valence-electron chi connectivity index (χ1n) is 6.98. The lowest BCUT2D eigenvalue weighted by atomic mass is 10.0. The third kappa shape index (κ3) is 3.21. The highest BCUT2D eigenvalue weighted by molar-refractivity contribution is 5.79. The molecule has 1 fully saturated rings. The Bertz CT molecular complexity index is 633. The number of carboxylic acids is 1. The second-order valence-electron chi connectivity index (χ2n) is 5.36. The van der Waals surface area contributed by atoms with E-state index in [0.717, 1.165) is 0 Å². The van der Waals surface area contributed by atoms with Crippen LogP contribution in [0.15, 0.2) is 48.5 Å². The second-order valence-corrected chi connectivity index (χ2v) is 5.36. The minimum Gasteiger partial charge on any atom is -0.479 e. The summed E-state index contributed by atoms with van der Waals surface area (Å²) in [5, 5.41) is 12.3. The van der Waals surface area contributed by atoms with Crippen LogP contribution in [0.3, 0.4) is 0 Å². The van der Waals surface area contributed by atoms with Gasteiger partial charge in [0.15, 0.2) is 6.04 Å². The van der Waals surface area contributed by atoms with E-state index >= 15 is 0 Å². The smallest absolute Gasteiger partial charge is 0.330 e. The number of hydrogen-bond donors (Lipinski definition) is 2. The lowest BCUT2D eigenvalue weighted by Gasteiger charge is -2.16. The molecule has 0 heterocycles. The van der Waals surface area contributed by atoms with Crippen LogP contribution in [0.25, 0.3) is 0 Å². The van der Waals surface area contributed by atoms with Crippen molar-refractivity contribution < 1.29 is 14.3 Å². The maximum atomic E-state index is 12.9. The van der Waals surface area contributed by atoms with Crippen molar-refractivity contribution in [1.29, 1.82) is 0 Å². The molecule has 21 heavy (non-hydrogen) atoms. The average Bonchev–Trinajstić information content (AvgIpc) is 3.31. The Hall–Kier alpha value is -2.36. The Morgan fingerprint density at radius 1 is 1.10 bits per heavy atom. The molecule has 2 N–H and O–H groups in total. The van der Waals surface area contributed by atoms with E-state index < -0.39 is 12.0 Å². The summed E-state index contributed by atoms with van der Waals surface area (Å²) < 4.78 is 12.9. The van der Waals surface area contributed by atoms with E-state index in [0.29, 0.717) is 17.2 Å². The molecule has 0 bridgehead atoms. The fraction of sp³-hybridized carbons (Fsp3) is 0.235. The van der Waals surface area contributed by atoms with Crippen LogP contribution in [-0.4, -0.2) is 11.1 Å². The maximum absolute atomic E-state index is 12.9. The van der Waals surface area contributed by atoms with Crippen molar-refractivity contribution in [2.24, 2.45) is 0 Å². The molecular formula is C17H16FNO2. The van der Waals surface area contributed by atoms with E-state index in [1.165, 1.54) is 42.7 Å². The van der Waals surface area contributed by atoms with Gasteiger partial charge in [0.2, 0.25) is 0 Å². The van der Waals surface area contributed by atoms with Gasteiger partial charge in [0.05, 0.1) is 0 Å². The molecule has 0 aliphatic heterocycles. The van der Waals surface area contributed by atoms with Gasteiger partial charge in [0, 0.05) is 5.69 Å². The second kappa shape index (κ2) is 5.56. The van der Waals surface area contributed by atoms with Gasteiger partial charge in [-0.15, -0.1) is 0 Å². The topological polar surface area (TPSA) is 49.3 Å². The van der Waals surface area contributed by atoms with E-state index in [4.69, 9.17) is 0 Å². The zero-order valence-corrected chi connectivity index (χ0v) is 11.4. The molecule has 0 radical (unpaired) electrons. The van der Waals surface area contributed by atoms with Crippen molar-refractivity contribution in [2.45, 2.75) is 24.8 Å². The van der Waals surface area contributed by atoms with Crippen LogP contribution in [0.2, 0.25) is 0 Å². The molecule has 3 nitrogen and oxygen atoms in total. The number of halogens is 1. The largest absolute Gasteiger partial charge is 0.479 e. The standard InChI is InChI=1S/C17H16FNO2/c18-14-7-9-15(10-8-14)19-16(17(20)21)13-5-3-12(4-6-13)11-1-2-11/h3-11,16,19H,1-2H2,(H,20,21). The number of anilines is 1. The summed E-state index contributed by atoms with van der Waals surface area (Å²) >= 11 is 0. The molecule has 0 aromatic heterocycles. The number of carbonyl (C=O) groups is 1. The molecule has 2 aromatic carbocycles. The van der Waals surface area contributed by atoms with Gasteiger partial charge in [-0.3, -0.25) is 0 Å². The first-order chi connectivity index (χ1) is 10.1. The van der Waals surface area contributed by atoms with Gasteiger partial charge < -0.3 is 10.4 Å². The summed E-state index contributed by atoms with van der Waals surface area (Å²) in [5.74, 6) is -0.660. The molecule has 1 aliphatic carbocycles. The number of benzene rings is 2. The fourth-order valence-corrected chi connectivity index (χ4v) is 2.38. The number of rotatable bonds is 5. The Morgan fingerprint density at radius 2 is 1.71 bits per heavy atom. The minimum atomic E-state index is -0.960. The Labute approximate surface area is 122 Å². The van der Waals surface area contributed by atoms with Gasteiger partial charge in [0.1, 0.15) is 5.82 Å². The van der Waals surface area contributed by atoms with Crippen molar-refractivity contribution in [1.82, 2.24) is 0 Å². The average molecular weight is 285 g/mol. The molecule has 1 saturated carbocycles. The molecule has 0 saturated heterocycles. The number of aliphatic carboxylic acids is 1. The van der Waals surface area contributed by atoms with Crippen LogP contribution in [0.4, 0.5) is 10.1 Å². The van der Waals surface area contributed by atoms with Gasteiger partial charge in [-0.2, -0.15) is 0 Å². The van der Waals surface area contributed by atoms with Crippen molar-refractivity contribution in [3.05, 3.63) is 65.5 Å². The summed E-state index contributed by atoms with van der Waals surface area (Å²) in [7, 11) is 0. The summed E-state index contributed by atoms with van der Waals surface area (Å²) in [6, 6.07) is 12.5. The van der Waals surface area contributed by atoms with Crippen molar-refractivity contribution >= 4 is 11.7 Å². The summed E-state index contributed by atoms with van der Waals surface area (Å²) in [6.45, 7) is 0. The predicted octanol–water partition coefficient (Wildman–Crippen LogP) is 3.94. The van der Waals surface area contributed by atoms with E-state index in [1.807, 2.05) is 24.3 Å². The normalized spacial score (nSPS) is 15.5. The quantitative estimate of drug-likeness (QED) is 0.874. The van der Waals surface area contributed by atoms with Gasteiger partial charge in [0.25, 0.3) is 0 Å². The lowest BCUT2D eigenvalue weighted by Crippen LogP contribution is -2.20. The third-order valence-corrected chi connectivity index (χ3v) is 3.72. The monoisotopic (exact) mass is 285 g/mol.